The van der Waals surface area contributed by atoms with Crippen molar-refractivity contribution in [3.05, 3.63) is 0 Å². The van der Waals surface area contributed by atoms with Crippen LogP contribution in [0.2, 0.25) is 0 Å². The number of aliphatic carboxylic acids is 1. The van der Waals surface area contributed by atoms with Gasteiger partial charge in [-0.3, -0.25) is 9.69 Å². The molecule has 1 heterocycles. The maximum Gasteiger partial charge on any atom is 0.304 e. The standard InChI is InChI=1S/C8H15NO4/c1-13-7-5-9(4-6(7)10)3-2-8(11)12/h6-7,10H,2-5H2,1H3,(H,11,12)/t6-,7+/m1/s1. The zero-order chi connectivity index (χ0) is 9.84. The lowest BCUT2D eigenvalue weighted by Crippen LogP contribution is -2.25. The van der Waals surface area contributed by atoms with Gasteiger partial charge in [0.25, 0.3) is 0 Å². The lowest BCUT2D eigenvalue weighted by molar-refractivity contribution is -0.137. The van der Waals surface area contributed by atoms with Crippen LogP contribution in [-0.2, 0) is 9.53 Å². The highest BCUT2D eigenvalue weighted by Crippen LogP contribution is 2.12. The smallest absolute Gasteiger partial charge is 0.304 e. The molecule has 0 aromatic rings. The largest absolute Gasteiger partial charge is 0.481 e. The van der Waals surface area contributed by atoms with Gasteiger partial charge in [-0.2, -0.15) is 0 Å². The van der Waals surface area contributed by atoms with Crippen LogP contribution in [0, 0.1) is 0 Å². The number of likely N-dealkylation sites (tertiary alicyclic amines) is 1. The molecule has 0 saturated carbocycles. The van der Waals surface area contributed by atoms with Gasteiger partial charge in [0, 0.05) is 26.7 Å². The van der Waals surface area contributed by atoms with Gasteiger partial charge in [-0.05, 0) is 0 Å². The molecular weight excluding hydrogens is 174 g/mol. The van der Waals surface area contributed by atoms with Crippen LogP contribution in [0.4, 0.5) is 0 Å². The van der Waals surface area contributed by atoms with E-state index in [9.17, 15) is 9.90 Å². The maximum absolute atomic E-state index is 10.3. The second-order valence-corrected chi connectivity index (χ2v) is 3.24. The van der Waals surface area contributed by atoms with Gasteiger partial charge in [0.1, 0.15) is 0 Å². The first-order chi connectivity index (χ1) is 6.13. The number of hydrogen-bond acceptors (Lipinski definition) is 4. The van der Waals surface area contributed by atoms with Gasteiger partial charge in [0.05, 0.1) is 18.6 Å². The predicted octanol–water partition coefficient (Wildman–Crippen LogP) is -0.847. The van der Waals surface area contributed by atoms with Crippen molar-refractivity contribution in [1.82, 2.24) is 4.90 Å². The van der Waals surface area contributed by atoms with Gasteiger partial charge in [-0.25, -0.2) is 0 Å². The second-order valence-electron chi connectivity index (χ2n) is 3.24. The summed E-state index contributed by atoms with van der Waals surface area (Å²) in [6, 6.07) is 0. The lowest BCUT2D eigenvalue weighted by atomic mass is 10.3. The molecular formula is C8H15NO4. The Hall–Kier alpha value is -0.650. The van der Waals surface area contributed by atoms with Crippen LogP contribution in [0.3, 0.4) is 0 Å². The van der Waals surface area contributed by atoms with E-state index in [0.717, 1.165) is 0 Å². The summed E-state index contributed by atoms with van der Waals surface area (Å²) in [5.41, 5.74) is 0. The molecule has 1 aliphatic heterocycles. The molecule has 1 rings (SSSR count). The third-order valence-electron chi connectivity index (χ3n) is 2.26. The third-order valence-corrected chi connectivity index (χ3v) is 2.26. The minimum Gasteiger partial charge on any atom is -0.481 e. The molecule has 0 amide bonds. The maximum atomic E-state index is 10.3. The molecule has 0 radical (unpaired) electrons. The highest BCUT2D eigenvalue weighted by Gasteiger charge is 2.30. The summed E-state index contributed by atoms with van der Waals surface area (Å²) in [4.78, 5) is 12.2. The molecule has 2 atom stereocenters. The Balaban J connectivity index is 2.27. The monoisotopic (exact) mass is 189 g/mol. The Bertz CT molecular complexity index is 185. The molecule has 0 unspecified atom stereocenters. The topological polar surface area (TPSA) is 70.0 Å². The Morgan fingerprint density at radius 3 is 2.77 bits per heavy atom. The first kappa shape index (κ1) is 10.4. The molecule has 1 aliphatic rings. The van der Waals surface area contributed by atoms with Crippen LogP contribution in [0.1, 0.15) is 6.42 Å². The predicted molar refractivity (Wildman–Crippen MR) is 45.5 cm³/mol. The normalized spacial score (nSPS) is 29.4. The molecule has 76 valence electrons. The average molecular weight is 189 g/mol. The Morgan fingerprint density at radius 1 is 1.62 bits per heavy atom. The summed E-state index contributed by atoms with van der Waals surface area (Å²) < 4.78 is 5.02. The number of nitrogens with zero attached hydrogens (tertiary/aromatic N) is 1. The quantitative estimate of drug-likeness (QED) is 0.603. The van der Waals surface area contributed by atoms with Gasteiger partial charge >= 0.3 is 5.97 Å². The minimum absolute atomic E-state index is 0.114. The first-order valence-corrected chi connectivity index (χ1v) is 4.28. The van der Waals surface area contributed by atoms with Crippen molar-refractivity contribution < 1.29 is 19.7 Å². The van der Waals surface area contributed by atoms with Gasteiger partial charge in [-0.15, -0.1) is 0 Å². The van der Waals surface area contributed by atoms with Crippen LogP contribution in [0.5, 0.6) is 0 Å². The second kappa shape index (κ2) is 4.55. The van der Waals surface area contributed by atoms with Crippen molar-refractivity contribution in [2.24, 2.45) is 0 Å². The molecule has 5 nitrogen and oxygen atoms in total. The fourth-order valence-electron chi connectivity index (χ4n) is 1.50. The molecule has 1 fully saturated rings. The molecule has 13 heavy (non-hydrogen) atoms. The fourth-order valence-corrected chi connectivity index (χ4v) is 1.50. The zero-order valence-corrected chi connectivity index (χ0v) is 7.64. The molecule has 0 aromatic heterocycles. The van der Waals surface area contributed by atoms with E-state index in [-0.39, 0.29) is 12.5 Å². The van der Waals surface area contributed by atoms with Crippen LogP contribution < -0.4 is 0 Å². The number of carboxylic acids is 1. The van der Waals surface area contributed by atoms with Crippen LogP contribution in [0.25, 0.3) is 0 Å². The van der Waals surface area contributed by atoms with Crippen LogP contribution in [0.15, 0.2) is 0 Å². The van der Waals surface area contributed by atoms with Crippen LogP contribution >= 0.6 is 0 Å². The summed E-state index contributed by atoms with van der Waals surface area (Å²) in [6.45, 7) is 1.60. The number of ether oxygens (including phenoxy) is 1. The molecule has 0 bridgehead atoms. The van der Waals surface area contributed by atoms with Crippen molar-refractivity contribution in [1.29, 1.82) is 0 Å². The van der Waals surface area contributed by atoms with E-state index in [1.54, 1.807) is 7.11 Å². The van der Waals surface area contributed by atoms with Crippen molar-refractivity contribution in [3.8, 4) is 0 Å². The van der Waals surface area contributed by atoms with Gasteiger partial charge in [-0.1, -0.05) is 0 Å². The van der Waals surface area contributed by atoms with E-state index in [4.69, 9.17) is 9.84 Å². The summed E-state index contributed by atoms with van der Waals surface area (Å²) in [6.07, 6.45) is -0.545. The Morgan fingerprint density at radius 2 is 2.31 bits per heavy atom. The summed E-state index contributed by atoms with van der Waals surface area (Å²) in [5, 5.41) is 17.9. The SMILES string of the molecule is CO[C@H]1CN(CCC(=O)O)C[C@H]1O. The highest BCUT2D eigenvalue weighted by atomic mass is 16.5. The number of carboxylic acid groups (broad SMARTS) is 1. The third kappa shape index (κ3) is 2.95. The molecule has 2 N–H and O–H groups in total. The van der Waals surface area contributed by atoms with Crippen molar-refractivity contribution in [3.63, 3.8) is 0 Å². The Kier molecular flexibility index (Phi) is 3.65. The van der Waals surface area contributed by atoms with E-state index in [2.05, 4.69) is 0 Å². The van der Waals surface area contributed by atoms with Gasteiger partial charge in [0.2, 0.25) is 0 Å². The molecule has 5 heteroatoms. The molecule has 0 spiro atoms. The number of carbonyl (C=O) groups is 1. The van der Waals surface area contributed by atoms with E-state index >= 15 is 0 Å². The van der Waals surface area contributed by atoms with Crippen molar-refractivity contribution in [2.45, 2.75) is 18.6 Å². The average Bonchev–Trinajstić information content (AvgIpc) is 2.43. The fraction of sp³-hybridized carbons (Fsp3) is 0.875. The van der Waals surface area contributed by atoms with E-state index in [1.807, 2.05) is 4.90 Å². The molecule has 0 aromatic carbocycles. The number of β-amino-alcohol motifs (C(OH)–C–C–N with tert-alkyl or cyclic N) is 1. The number of rotatable bonds is 4. The van der Waals surface area contributed by atoms with Crippen molar-refractivity contribution >= 4 is 5.97 Å². The van der Waals surface area contributed by atoms with E-state index < -0.39 is 12.1 Å². The van der Waals surface area contributed by atoms with Crippen LogP contribution in [-0.4, -0.2) is 60.0 Å². The zero-order valence-electron chi connectivity index (χ0n) is 7.64. The number of hydrogen-bond donors (Lipinski definition) is 2. The van der Waals surface area contributed by atoms with E-state index in [0.29, 0.717) is 19.6 Å². The first-order valence-electron chi connectivity index (χ1n) is 4.28. The van der Waals surface area contributed by atoms with Gasteiger partial charge in [0.15, 0.2) is 0 Å². The summed E-state index contributed by atoms with van der Waals surface area (Å²) in [7, 11) is 1.55. The lowest BCUT2D eigenvalue weighted by Gasteiger charge is -2.12. The molecule has 0 aliphatic carbocycles. The van der Waals surface area contributed by atoms with Crippen molar-refractivity contribution in [2.75, 3.05) is 26.7 Å². The minimum atomic E-state index is -0.810. The van der Waals surface area contributed by atoms with E-state index in [1.165, 1.54) is 0 Å². The number of aliphatic hydroxyl groups excluding tert-OH is 1. The number of methoxy groups -OCH3 is 1. The highest BCUT2D eigenvalue weighted by molar-refractivity contribution is 5.66. The number of aliphatic hydroxyl groups is 1. The summed E-state index contributed by atoms with van der Waals surface area (Å²) in [5.74, 6) is -0.810. The summed E-state index contributed by atoms with van der Waals surface area (Å²) >= 11 is 0. The molecule has 1 saturated heterocycles. The Labute approximate surface area is 76.9 Å². The van der Waals surface area contributed by atoms with Gasteiger partial charge < -0.3 is 14.9 Å².